The van der Waals surface area contributed by atoms with Crippen LogP contribution >= 0.6 is 0 Å². The molecule has 9 heteroatoms. The van der Waals surface area contributed by atoms with Crippen LogP contribution in [0.3, 0.4) is 0 Å². The standard InChI is InChI=1S/C28H34N2O7/c1-6-35-24(32)21-20-19(29-23(31)18-13-12-16-10-8-9-11-17(16)14-18)15-28(22(20)21,25(33)36-7-2)30-26(34)37-27(3,4)5/h8-14,19-22H,6-7,15H2,1-5H3,(H,29,31)(H,30,34)/t19?,20?,21-,22?,28?/m0/s1. The Balaban J connectivity index is 1.64. The van der Waals surface area contributed by atoms with Gasteiger partial charge in [0, 0.05) is 23.9 Å². The summed E-state index contributed by atoms with van der Waals surface area (Å²) in [5, 5.41) is 7.66. The number of carbonyl (C=O) groups excluding carboxylic acids is 4. The molecule has 37 heavy (non-hydrogen) atoms. The lowest BCUT2D eigenvalue weighted by Crippen LogP contribution is -2.59. The second kappa shape index (κ2) is 10.0. The Hall–Kier alpha value is -3.62. The van der Waals surface area contributed by atoms with Crippen molar-refractivity contribution < 1.29 is 33.4 Å². The summed E-state index contributed by atoms with van der Waals surface area (Å²) in [6, 6.07) is 12.5. The average Bonchev–Trinajstić information content (AvgIpc) is 3.51. The van der Waals surface area contributed by atoms with Crippen molar-refractivity contribution in [2.45, 2.75) is 58.2 Å². The molecule has 4 unspecified atom stereocenters. The summed E-state index contributed by atoms with van der Waals surface area (Å²) < 4.78 is 16.0. The highest BCUT2D eigenvalue weighted by atomic mass is 16.6. The van der Waals surface area contributed by atoms with Gasteiger partial charge in [-0.05, 0) is 63.4 Å². The number of carbonyl (C=O) groups is 4. The summed E-state index contributed by atoms with van der Waals surface area (Å²) in [7, 11) is 0. The fourth-order valence-electron chi connectivity index (χ4n) is 5.51. The zero-order valence-corrected chi connectivity index (χ0v) is 21.8. The van der Waals surface area contributed by atoms with Crippen LogP contribution < -0.4 is 10.6 Å². The summed E-state index contributed by atoms with van der Waals surface area (Å²) in [5.41, 5.74) is -1.88. The van der Waals surface area contributed by atoms with Crippen LogP contribution in [0.5, 0.6) is 0 Å². The monoisotopic (exact) mass is 510 g/mol. The number of ether oxygens (including phenoxy) is 3. The molecule has 0 aliphatic heterocycles. The van der Waals surface area contributed by atoms with Crippen molar-refractivity contribution in [3.05, 3.63) is 48.0 Å². The second-order valence-electron chi connectivity index (χ2n) is 10.5. The van der Waals surface area contributed by atoms with E-state index in [1.807, 2.05) is 30.3 Å². The number of hydrogen-bond acceptors (Lipinski definition) is 7. The van der Waals surface area contributed by atoms with Crippen LogP contribution in [0.15, 0.2) is 42.5 Å². The fraction of sp³-hybridized carbons (Fsp3) is 0.500. The van der Waals surface area contributed by atoms with E-state index in [9.17, 15) is 19.2 Å². The molecule has 0 spiro atoms. The molecule has 2 amide bonds. The number of amides is 2. The first-order chi connectivity index (χ1) is 17.5. The maximum Gasteiger partial charge on any atom is 0.408 e. The van der Waals surface area contributed by atoms with Crippen molar-refractivity contribution in [1.29, 1.82) is 0 Å². The Labute approximate surface area is 216 Å². The molecule has 0 heterocycles. The van der Waals surface area contributed by atoms with Crippen molar-refractivity contribution in [1.82, 2.24) is 10.6 Å². The van der Waals surface area contributed by atoms with Gasteiger partial charge < -0.3 is 24.8 Å². The molecule has 4 rings (SSSR count). The summed E-state index contributed by atoms with van der Waals surface area (Å²) in [6.45, 7) is 8.78. The van der Waals surface area contributed by atoms with Crippen molar-refractivity contribution in [2.24, 2.45) is 17.8 Å². The van der Waals surface area contributed by atoms with Gasteiger partial charge in [-0.25, -0.2) is 9.59 Å². The summed E-state index contributed by atoms with van der Waals surface area (Å²) >= 11 is 0. The molecule has 2 aromatic carbocycles. The molecule has 198 valence electrons. The second-order valence-corrected chi connectivity index (χ2v) is 10.5. The van der Waals surface area contributed by atoms with Crippen molar-refractivity contribution >= 4 is 34.7 Å². The third-order valence-electron chi connectivity index (χ3n) is 6.90. The molecule has 2 aromatic rings. The van der Waals surface area contributed by atoms with Crippen molar-refractivity contribution in [2.75, 3.05) is 13.2 Å². The molecule has 9 nitrogen and oxygen atoms in total. The van der Waals surface area contributed by atoms with E-state index in [0.717, 1.165) is 10.8 Å². The molecule has 2 N–H and O–H groups in total. The Kier molecular flexibility index (Phi) is 7.17. The highest BCUT2D eigenvalue weighted by molar-refractivity contribution is 5.99. The first-order valence-corrected chi connectivity index (χ1v) is 12.7. The molecule has 0 saturated heterocycles. The van der Waals surface area contributed by atoms with Gasteiger partial charge in [0.15, 0.2) is 0 Å². The predicted molar refractivity (Wildman–Crippen MR) is 136 cm³/mol. The van der Waals surface area contributed by atoms with Gasteiger partial charge in [0.2, 0.25) is 0 Å². The minimum atomic E-state index is -1.54. The number of benzene rings is 2. The molecule has 0 radical (unpaired) electrons. The Morgan fingerprint density at radius 1 is 0.973 bits per heavy atom. The maximum atomic E-state index is 13.3. The van der Waals surface area contributed by atoms with E-state index < -0.39 is 53.0 Å². The number of alkyl carbamates (subject to hydrolysis) is 1. The van der Waals surface area contributed by atoms with Gasteiger partial charge in [-0.1, -0.05) is 30.3 Å². The Morgan fingerprint density at radius 3 is 2.30 bits per heavy atom. The Bertz CT molecular complexity index is 1220. The van der Waals surface area contributed by atoms with Gasteiger partial charge >= 0.3 is 18.0 Å². The van der Waals surface area contributed by atoms with E-state index in [0.29, 0.717) is 5.56 Å². The topological polar surface area (TPSA) is 120 Å². The minimum Gasteiger partial charge on any atom is -0.466 e. The quantitative estimate of drug-likeness (QED) is 0.431. The molecule has 2 fully saturated rings. The van der Waals surface area contributed by atoms with Gasteiger partial charge in [-0.3, -0.25) is 9.59 Å². The SMILES string of the molecule is CCOC(=O)[C@H]1C2C(NC(=O)c3ccc4ccccc4c3)CC(NC(=O)OC(C)(C)C)(C(=O)OCC)C21. The molecular formula is C28H34N2O7. The number of fused-ring (bicyclic) bond motifs is 2. The first-order valence-electron chi connectivity index (χ1n) is 12.7. The lowest BCUT2D eigenvalue weighted by molar-refractivity contribution is -0.153. The number of rotatable bonds is 7. The molecule has 2 aliphatic rings. The lowest BCUT2D eigenvalue weighted by atomic mass is 9.88. The van der Waals surface area contributed by atoms with Crippen LogP contribution in [0.2, 0.25) is 0 Å². The highest BCUT2D eigenvalue weighted by Crippen LogP contribution is 2.63. The van der Waals surface area contributed by atoms with E-state index >= 15 is 0 Å². The largest absolute Gasteiger partial charge is 0.466 e. The van der Waals surface area contributed by atoms with E-state index in [1.54, 1.807) is 46.8 Å². The van der Waals surface area contributed by atoms with E-state index in [-0.39, 0.29) is 25.5 Å². The van der Waals surface area contributed by atoms with Gasteiger partial charge in [0.05, 0.1) is 19.1 Å². The van der Waals surface area contributed by atoms with Crippen LogP contribution in [-0.2, 0) is 23.8 Å². The normalized spacial score (nSPS) is 26.1. The summed E-state index contributed by atoms with van der Waals surface area (Å²) in [6.07, 6.45) is -0.731. The van der Waals surface area contributed by atoms with Crippen LogP contribution in [0, 0.1) is 17.8 Å². The predicted octanol–water partition coefficient (Wildman–Crippen LogP) is 3.59. The van der Waals surface area contributed by atoms with Crippen molar-refractivity contribution in [3.8, 4) is 0 Å². The van der Waals surface area contributed by atoms with Gasteiger partial charge in [-0.15, -0.1) is 0 Å². The molecule has 0 aromatic heterocycles. The Morgan fingerprint density at radius 2 is 1.65 bits per heavy atom. The van der Waals surface area contributed by atoms with Gasteiger partial charge in [-0.2, -0.15) is 0 Å². The zero-order valence-electron chi connectivity index (χ0n) is 21.8. The van der Waals surface area contributed by atoms with E-state index in [2.05, 4.69) is 10.6 Å². The third kappa shape index (κ3) is 5.26. The summed E-state index contributed by atoms with van der Waals surface area (Å²) in [4.78, 5) is 52.2. The number of hydrogen-bond donors (Lipinski definition) is 2. The smallest absolute Gasteiger partial charge is 0.408 e. The van der Waals surface area contributed by atoms with Gasteiger partial charge in [0.25, 0.3) is 5.91 Å². The van der Waals surface area contributed by atoms with E-state index in [4.69, 9.17) is 14.2 Å². The number of nitrogens with one attached hydrogen (secondary N) is 2. The van der Waals surface area contributed by atoms with Crippen LogP contribution in [0.25, 0.3) is 10.8 Å². The molecule has 2 saturated carbocycles. The maximum absolute atomic E-state index is 13.3. The van der Waals surface area contributed by atoms with Gasteiger partial charge in [0.1, 0.15) is 11.1 Å². The minimum absolute atomic E-state index is 0.0651. The molecule has 2 aliphatic carbocycles. The highest BCUT2D eigenvalue weighted by Gasteiger charge is 2.76. The van der Waals surface area contributed by atoms with E-state index in [1.165, 1.54) is 0 Å². The molecule has 0 bridgehead atoms. The molecule has 5 atom stereocenters. The van der Waals surface area contributed by atoms with Crippen LogP contribution in [0.1, 0.15) is 51.4 Å². The fourth-order valence-corrected chi connectivity index (χ4v) is 5.51. The summed E-state index contributed by atoms with van der Waals surface area (Å²) in [5.74, 6) is -3.13. The zero-order chi connectivity index (χ0) is 27.0. The number of esters is 2. The van der Waals surface area contributed by atoms with Crippen LogP contribution in [0.4, 0.5) is 4.79 Å². The first kappa shape index (κ1) is 26.4. The van der Waals surface area contributed by atoms with Crippen LogP contribution in [-0.4, -0.2) is 54.3 Å². The van der Waals surface area contributed by atoms with Crippen molar-refractivity contribution in [3.63, 3.8) is 0 Å². The lowest BCUT2D eigenvalue weighted by Gasteiger charge is -2.33. The average molecular weight is 511 g/mol. The third-order valence-corrected chi connectivity index (χ3v) is 6.90. The molecular weight excluding hydrogens is 476 g/mol.